The first kappa shape index (κ1) is 17.4. The fourth-order valence-corrected chi connectivity index (χ4v) is 3.82. The molecule has 24 heavy (non-hydrogen) atoms. The minimum Gasteiger partial charge on any atom is -0.392 e. The number of rotatable bonds is 5. The molecule has 0 saturated carbocycles. The molecule has 0 aliphatic carbocycles. The molecule has 5 nitrogen and oxygen atoms in total. The number of likely N-dealkylation sites (N-methyl/N-ethyl adjacent to an activating group) is 1. The Kier molecular flexibility index (Phi) is 5.87. The number of aliphatic hydroxyl groups is 1. The predicted octanol–water partition coefficient (Wildman–Crippen LogP) is 1.08. The van der Waals surface area contributed by atoms with Crippen molar-refractivity contribution in [3.05, 3.63) is 35.9 Å². The van der Waals surface area contributed by atoms with Crippen molar-refractivity contribution >= 4 is 5.91 Å². The lowest BCUT2D eigenvalue weighted by atomic mass is 9.95. The van der Waals surface area contributed by atoms with Crippen molar-refractivity contribution in [1.82, 2.24) is 15.1 Å². The number of nitrogens with one attached hydrogen (secondary N) is 1. The maximum atomic E-state index is 12.4. The molecule has 2 atom stereocenters. The molecular weight excluding hydrogens is 302 g/mol. The van der Waals surface area contributed by atoms with Crippen molar-refractivity contribution in [2.45, 2.75) is 38.0 Å². The molecule has 2 aliphatic rings. The summed E-state index contributed by atoms with van der Waals surface area (Å²) < 4.78 is 0. The van der Waals surface area contributed by atoms with Gasteiger partial charge in [-0.2, -0.15) is 0 Å². The van der Waals surface area contributed by atoms with Gasteiger partial charge in [0.15, 0.2) is 0 Å². The quantitative estimate of drug-likeness (QED) is 0.848. The first-order valence-corrected chi connectivity index (χ1v) is 9.04. The van der Waals surface area contributed by atoms with Gasteiger partial charge in [0.25, 0.3) is 0 Å². The van der Waals surface area contributed by atoms with Gasteiger partial charge < -0.3 is 15.3 Å². The highest BCUT2D eigenvalue weighted by molar-refractivity contribution is 5.82. The fraction of sp³-hybridized carbons (Fsp3) is 0.632. The Balaban J connectivity index is 1.41. The molecule has 0 aromatic heterocycles. The molecule has 2 saturated heterocycles. The van der Waals surface area contributed by atoms with Crippen LogP contribution >= 0.6 is 0 Å². The Hall–Kier alpha value is -1.43. The number of amides is 1. The SMILES string of the molecule is CN(CC1CCN(Cc2ccccc2)CC1)C(=O)[C@@H]1C[C@@H](O)CN1. The van der Waals surface area contributed by atoms with Crippen molar-refractivity contribution in [3.63, 3.8) is 0 Å². The summed E-state index contributed by atoms with van der Waals surface area (Å²) >= 11 is 0. The molecule has 5 heteroatoms. The lowest BCUT2D eigenvalue weighted by Crippen LogP contribution is -2.45. The van der Waals surface area contributed by atoms with E-state index in [0.717, 1.165) is 39.0 Å². The monoisotopic (exact) mass is 331 g/mol. The van der Waals surface area contributed by atoms with E-state index in [1.165, 1.54) is 5.56 Å². The third-order valence-corrected chi connectivity index (χ3v) is 5.27. The second kappa shape index (κ2) is 8.10. The number of carbonyl (C=O) groups is 1. The topological polar surface area (TPSA) is 55.8 Å². The zero-order chi connectivity index (χ0) is 16.9. The first-order chi connectivity index (χ1) is 11.6. The van der Waals surface area contributed by atoms with Crippen molar-refractivity contribution in [2.24, 2.45) is 5.92 Å². The highest BCUT2D eigenvalue weighted by atomic mass is 16.3. The molecule has 132 valence electrons. The molecule has 0 unspecified atom stereocenters. The lowest BCUT2D eigenvalue weighted by Gasteiger charge is -2.34. The number of likely N-dealkylation sites (tertiary alicyclic amines) is 1. The van der Waals surface area contributed by atoms with Crippen molar-refractivity contribution in [3.8, 4) is 0 Å². The average molecular weight is 331 g/mol. The normalized spacial score (nSPS) is 25.8. The van der Waals surface area contributed by atoms with E-state index in [2.05, 4.69) is 40.5 Å². The van der Waals surface area contributed by atoms with Crippen LogP contribution in [0.1, 0.15) is 24.8 Å². The number of β-amino-alcohol motifs (C(OH)–C–C–N with tert-alkyl or cyclic N) is 1. The van der Waals surface area contributed by atoms with Crippen molar-refractivity contribution in [1.29, 1.82) is 0 Å². The summed E-state index contributed by atoms with van der Waals surface area (Å²) in [5, 5.41) is 12.7. The van der Waals surface area contributed by atoms with Crippen LogP contribution in [0, 0.1) is 5.92 Å². The van der Waals surface area contributed by atoms with E-state index in [-0.39, 0.29) is 18.1 Å². The first-order valence-electron chi connectivity index (χ1n) is 9.04. The average Bonchev–Trinajstić information content (AvgIpc) is 3.03. The largest absolute Gasteiger partial charge is 0.392 e. The smallest absolute Gasteiger partial charge is 0.239 e. The van der Waals surface area contributed by atoms with Gasteiger partial charge in [0.2, 0.25) is 5.91 Å². The van der Waals surface area contributed by atoms with Crippen LogP contribution in [0.3, 0.4) is 0 Å². The number of aliphatic hydroxyl groups excluding tert-OH is 1. The molecule has 0 radical (unpaired) electrons. The second-order valence-electron chi connectivity index (χ2n) is 7.27. The van der Waals surface area contributed by atoms with E-state index < -0.39 is 0 Å². The van der Waals surface area contributed by atoms with Gasteiger partial charge in [-0.15, -0.1) is 0 Å². The summed E-state index contributed by atoms with van der Waals surface area (Å²) in [4.78, 5) is 16.8. The summed E-state index contributed by atoms with van der Waals surface area (Å²) in [6.07, 6.45) is 2.45. The third kappa shape index (κ3) is 4.56. The van der Waals surface area contributed by atoms with Crippen LogP contribution in [0.4, 0.5) is 0 Å². The van der Waals surface area contributed by atoms with Crippen LogP contribution in [0.2, 0.25) is 0 Å². The van der Waals surface area contributed by atoms with Gasteiger partial charge in [-0.1, -0.05) is 30.3 Å². The van der Waals surface area contributed by atoms with Crippen molar-refractivity contribution in [2.75, 3.05) is 33.2 Å². The maximum absolute atomic E-state index is 12.4. The predicted molar refractivity (Wildman–Crippen MR) is 94.5 cm³/mol. The number of carbonyl (C=O) groups excluding carboxylic acids is 1. The van der Waals surface area contributed by atoms with Crippen LogP contribution in [-0.4, -0.2) is 66.2 Å². The van der Waals surface area contributed by atoms with Crippen LogP contribution < -0.4 is 5.32 Å². The Bertz CT molecular complexity index is 529. The summed E-state index contributed by atoms with van der Waals surface area (Å²) in [5.74, 6) is 0.704. The van der Waals surface area contributed by atoms with Gasteiger partial charge in [0, 0.05) is 26.7 Å². The molecule has 0 spiro atoms. The van der Waals surface area contributed by atoms with Crippen LogP contribution in [0.25, 0.3) is 0 Å². The zero-order valence-electron chi connectivity index (χ0n) is 14.5. The van der Waals surface area contributed by atoms with Gasteiger partial charge >= 0.3 is 0 Å². The minimum absolute atomic E-state index is 0.123. The Morgan fingerprint density at radius 2 is 2.00 bits per heavy atom. The number of hydrogen-bond donors (Lipinski definition) is 2. The Morgan fingerprint density at radius 3 is 2.62 bits per heavy atom. The van der Waals surface area contributed by atoms with E-state index in [4.69, 9.17) is 0 Å². The van der Waals surface area contributed by atoms with Gasteiger partial charge in [0.05, 0.1) is 12.1 Å². The third-order valence-electron chi connectivity index (χ3n) is 5.27. The van der Waals surface area contributed by atoms with E-state index in [0.29, 0.717) is 18.9 Å². The summed E-state index contributed by atoms with van der Waals surface area (Å²) in [5.41, 5.74) is 1.37. The Morgan fingerprint density at radius 1 is 1.29 bits per heavy atom. The van der Waals surface area contributed by atoms with Gasteiger partial charge in [-0.05, 0) is 43.8 Å². The molecule has 0 bridgehead atoms. The maximum Gasteiger partial charge on any atom is 0.239 e. The standard InChI is InChI=1S/C19H29N3O2/c1-21(19(24)18-11-17(23)12-20-18)13-16-7-9-22(10-8-16)14-15-5-3-2-4-6-15/h2-6,16-18,20,23H,7-14H2,1H3/t17-,18+/m1/s1. The molecule has 1 aromatic carbocycles. The van der Waals surface area contributed by atoms with Crippen LogP contribution in [0.15, 0.2) is 30.3 Å². The molecule has 2 heterocycles. The molecule has 2 N–H and O–H groups in total. The van der Waals surface area contributed by atoms with Crippen LogP contribution in [-0.2, 0) is 11.3 Å². The highest BCUT2D eigenvalue weighted by Gasteiger charge is 2.31. The van der Waals surface area contributed by atoms with Gasteiger partial charge in [-0.3, -0.25) is 9.69 Å². The second-order valence-corrected chi connectivity index (χ2v) is 7.27. The summed E-state index contributed by atoms with van der Waals surface area (Å²) in [6.45, 7) is 4.57. The number of piperidine rings is 1. The Labute approximate surface area is 144 Å². The number of benzene rings is 1. The van der Waals surface area contributed by atoms with Crippen molar-refractivity contribution < 1.29 is 9.90 Å². The summed E-state index contributed by atoms with van der Waals surface area (Å²) in [6, 6.07) is 10.4. The molecule has 1 amide bonds. The van der Waals surface area contributed by atoms with E-state index in [9.17, 15) is 9.90 Å². The minimum atomic E-state index is -0.381. The highest BCUT2D eigenvalue weighted by Crippen LogP contribution is 2.20. The van der Waals surface area contributed by atoms with E-state index >= 15 is 0 Å². The zero-order valence-corrected chi connectivity index (χ0v) is 14.5. The fourth-order valence-electron chi connectivity index (χ4n) is 3.82. The molecule has 1 aromatic rings. The van der Waals surface area contributed by atoms with Gasteiger partial charge in [-0.25, -0.2) is 0 Å². The number of nitrogens with zero attached hydrogens (tertiary/aromatic N) is 2. The van der Waals surface area contributed by atoms with Crippen LogP contribution in [0.5, 0.6) is 0 Å². The lowest BCUT2D eigenvalue weighted by molar-refractivity contribution is -0.132. The summed E-state index contributed by atoms with van der Waals surface area (Å²) in [7, 11) is 1.89. The van der Waals surface area contributed by atoms with E-state index in [1.807, 2.05) is 11.9 Å². The molecule has 2 aliphatic heterocycles. The molecular formula is C19H29N3O2. The van der Waals surface area contributed by atoms with E-state index in [1.54, 1.807) is 0 Å². The molecule has 2 fully saturated rings. The molecule has 3 rings (SSSR count). The number of hydrogen-bond acceptors (Lipinski definition) is 4. The van der Waals surface area contributed by atoms with Gasteiger partial charge in [0.1, 0.15) is 0 Å².